The van der Waals surface area contributed by atoms with Gasteiger partial charge in [0.1, 0.15) is 17.9 Å². The lowest BCUT2D eigenvalue weighted by Gasteiger charge is -2.10. The van der Waals surface area contributed by atoms with Crippen LogP contribution in [0.15, 0.2) is 12.3 Å². The maximum atomic E-state index is 11.0. The van der Waals surface area contributed by atoms with Crippen molar-refractivity contribution in [2.24, 2.45) is 0 Å². The summed E-state index contributed by atoms with van der Waals surface area (Å²) < 4.78 is 20.8. The fourth-order valence-electron chi connectivity index (χ4n) is 1.49. The first-order chi connectivity index (χ1) is 10.1. The Kier molecular flexibility index (Phi) is 8.34. The third-order valence-electron chi connectivity index (χ3n) is 2.52. The van der Waals surface area contributed by atoms with Crippen LogP contribution in [0.4, 0.5) is 0 Å². The van der Waals surface area contributed by atoms with Gasteiger partial charge in [-0.15, -0.1) is 0 Å². The summed E-state index contributed by atoms with van der Waals surface area (Å²) in [6, 6.07) is 1.59. The molecular weight excluding hydrogens is 278 g/mol. The Labute approximate surface area is 123 Å². The van der Waals surface area contributed by atoms with Crippen molar-refractivity contribution in [1.82, 2.24) is 4.98 Å². The molecule has 1 N–H and O–H groups in total. The third kappa shape index (κ3) is 7.03. The van der Waals surface area contributed by atoms with Crippen molar-refractivity contribution in [3.05, 3.63) is 23.5 Å². The summed E-state index contributed by atoms with van der Waals surface area (Å²) in [7, 11) is 1.61. The molecule has 21 heavy (non-hydrogen) atoms. The number of carboxylic acids is 1. The quantitative estimate of drug-likeness (QED) is 0.613. The van der Waals surface area contributed by atoms with E-state index in [4.69, 9.17) is 24.1 Å². The number of carbonyl (C=O) groups is 1. The summed E-state index contributed by atoms with van der Waals surface area (Å²) in [5, 5.41) is 9.02. The first-order valence-electron chi connectivity index (χ1n) is 6.62. The van der Waals surface area contributed by atoms with Crippen molar-refractivity contribution in [2.75, 3.05) is 46.8 Å². The number of methoxy groups -OCH3 is 1. The van der Waals surface area contributed by atoms with E-state index in [1.807, 2.05) is 0 Å². The van der Waals surface area contributed by atoms with Gasteiger partial charge in [0.2, 0.25) is 0 Å². The van der Waals surface area contributed by atoms with Crippen LogP contribution in [-0.4, -0.2) is 62.8 Å². The fraction of sp³-hybridized carbons (Fsp3) is 0.571. The van der Waals surface area contributed by atoms with E-state index in [0.717, 1.165) is 0 Å². The zero-order chi connectivity index (χ0) is 15.5. The van der Waals surface area contributed by atoms with Gasteiger partial charge in [-0.05, 0) is 6.92 Å². The van der Waals surface area contributed by atoms with Gasteiger partial charge in [-0.2, -0.15) is 0 Å². The molecule has 1 aromatic rings. The van der Waals surface area contributed by atoms with Crippen molar-refractivity contribution >= 4 is 5.97 Å². The highest BCUT2D eigenvalue weighted by Crippen LogP contribution is 2.18. The van der Waals surface area contributed by atoms with E-state index in [0.29, 0.717) is 44.5 Å². The highest BCUT2D eigenvalue weighted by atomic mass is 16.6. The molecule has 0 fully saturated rings. The fourth-order valence-corrected chi connectivity index (χ4v) is 1.49. The summed E-state index contributed by atoms with van der Waals surface area (Å²) in [5.41, 5.74) is 0.742. The number of ether oxygens (including phenoxy) is 4. The normalized spacial score (nSPS) is 10.6. The van der Waals surface area contributed by atoms with Crippen LogP contribution in [0, 0.1) is 6.92 Å². The number of aryl methyl sites for hydroxylation is 1. The lowest BCUT2D eigenvalue weighted by Crippen LogP contribution is -2.13. The molecule has 7 heteroatoms. The van der Waals surface area contributed by atoms with Crippen LogP contribution >= 0.6 is 0 Å². The number of carboxylic acid groups (broad SMARTS) is 1. The first-order valence-corrected chi connectivity index (χ1v) is 6.62. The summed E-state index contributed by atoms with van der Waals surface area (Å²) in [4.78, 5) is 15.0. The molecule has 0 radical (unpaired) electrons. The van der Waals surface area contributed by atoms with E-state index in [-0.39, 0.29) is 12.2 Å². The topological polar surface area (TPSA) is 87.1 Å². The molecule has 0 atom stereocenters. The summed E-state index contributed by atoms with van der Waals surface area (Å²) in [6.07, 6.45) is 1.29. The minimum atomic E-state index is -1.06. The van der Waals surface area contributed by atoms with Crippen molar-refractivity contribution in [3.8, 4) is 5.75 Å². The Bertz CT molecular complexity index is 437. The van der Waals surface area contributed by atoms with Crippen LogP contribution in [0.3, 0.4) is 0 Å². The predicted octanol–water partition coefficient (Wildman–Crippen LogP) is 1.15. The van der Waals surface area contributed by atoms with Gasteiger partial charge < -0.3 is 24.1 Å². The Hall–Kier alpha value is -1.70. The summed E-state index contributed by atoms with van der Waals surface area (Å²) in [6.45, 7) is 4.42. The smallest absolute Gasteiger partial charge is 0.341 e. The van der Waals surface area contributed by atoms with Gasteiger partial charge >= 0.3 is 5.97 Å². The minimum absolute atomic E-state index is 0.0449. The second-order valence-electron chi connectivity index (χ2n) is 4.19. The van der Waals surface area contributed by atoms with Crippen LogP contribution in [0.1, 0.15) is 16.1 Å². The average molecular weight is 299 g/mol. The van der Waals surface area contributed by atoms with E-state index in [9.17, 15) is 4.79 Å². The van der Waals surface area contributed by atoms with Crippen molar-refractivity contribution in [2.45, 2.75) is 6.92 Å². The van der Waals surface area contributed by atoms with Crippen LogP contribution in [0.5, 0.6) is 5.75 Å². The molecule has 0 aromatic carbocycles. The summed E-state index contributed by atoms with van der Waals surface area (Å²) >= 11 is 0. The molecule has 0 unspecified atom stereocenters. The number of hydrogen-bond acceptors (Lipinski definition) is 6. The van der Waals surface area contributed by atoms with Crippen molar-refractivity contribution < 1.29 is 28.8 Å². The second kappa shape index (κ2) is 10.1. The molecule has 1 heterocycles. The van der Waals surface area contributed by atoms with Gasteiger partial charge in [-0.3, -0.25) is 4.98 Å². The van der Waals surface area contributed by atoms with Crippen molar-refractivity contribution in [1.29, 1.82) is 0 Å². The zero-order valence-electron chi connectivity index (χ0n) is 12.3. The number of rotatable bonds is 11. The molecule has 0 saturated carbocycles. The molecule has 0 saturated heterocycles. The maximum absolute atomic E-state index is 11.0. The Morgan fingerprint density at radius 3 is 2.38 bits per heavy atom. The molecule has 7 nitrogen and oxygen atoms in total. The standard InChI is InChI=1S/C14H21NO6/c1-11-9-13(12(10-15-11)14(16)17)21-8-7-20-6-5-19-4-3-18-2/h9-10H,3-8H2,1-2H3,(H,16,17). The number of nitrogens with zero attached hydrogens (tertiary/aromatic N) is 1. The number of hydrogen-bond donors (Lipinski definition) is 1. The second-order valence-corrected chi connectivity index (χ2v) is 4.19. The predicted molar refractivity (Wildman–Crippen MR) is 74.9 cm³/mol. The maximum Gasteiger partial charge on any atom is 0.341 e. The van der Waals surface area contributed by atoms with Crippen LogP contribution in [-0.2, 0) is 14.2 Å². The van der Waals surface area contributed by atoms with E-state index in [2.05, 4.69) is 4.98 Å². The molecule has 0 spiro atoms. The highest BCUT2D eigenvalue weighted by molar-refractivity contribution is 5.90. The first kappa shape index (κ1) is 17.4. The molecule has 1 rings (SSSR count). The molecule has 1 aromatic heterocycles. The molecule has 0 amide bonds. The molecule has 0 aliphatic carbocycles. The van der Waals surface area contributed by atoms with E-state index in [1.165, 1.54) is 6.20 Å². The highest BCUT2D eigenvalue weighted by Gasteiger charge is 2.12. The SMILES string of the molecule is COCCOCCOCCOc1cc(C)ncc1C(=O)O. The van der Waals surface area contributed by atoms with Gasteiger partial charge in [0.25, 0.3) is 0 Å². The van der Waals surface area contributed by atoms with Gasteiger partial charge in [-0.25, -0.2) is 4.79 Å². The Balaban J connectivity index is 2.21. The molecular formula is C14H21NO6. The van der Waals surface area contributed by atoms with Gasteiger partial charge in [-0.1, -0.05) is 0 Å². The largest absolute Gasteiger partial charge is 0.490 e. The van der Waals surface area contributed by atoms with Gasteiger partial charge in [0.05, 0.1) is 33.0 Å². The zero-order valence-corrected chi connectivity index (χ0v) is 12.3. The van der Waals surface area contributed by atoms with Gasteiger partial charge in [0, 0.05) is 25.1 Å². The number of aromatic nitrogens is 1. The lowest BCUT2D eigenvalue weighted by atomic mass is 10.2. The Morgan fingerprint density at radius 2 is 1.76 bits per heavy atom. The molecule has 118 valence electrons. The number of aromatic carboxylic acids is 1. The van der Waals surface area contributed by atoms with Crippen LogP contribution < -0.4 is 4.74 Å². The summed E-state index contributed by atoms with van der Waals surface area (Å²) in [5.74, 6) is -0.764. The van der Waals surface area contributed by atoms with Crippen LogP contribution in [0.25, 0.3) is 0 Å². The third-order valence-corrected chi connectivity index (χ3v) is 2.52. The number of pyridine rings is 1. The molecule has 0 bridgehead atoms. The van der Waals surface area contributed by atoms with Crippen molar-refractivity contribution in [3.63, 3.8) is 0 Å². The molecule has 0 aliphatic heterocycles. The Morgan fingerprint density at radius 1 is 1.14 bits per heavy atom. The average Bonchev–Trinajstić information content (AvgIpc) is 2.45. The van der Waals surface area contributed by atoms with E-state index >= 15 is 0 Å². The van der Waals surface area contributed by atoms with Crippen LogP contribution in [0.2, 0.25) is 0 Å². The monoisotopic (exact) mass is 299 g/mol. The molecule has 0 aliphatic rings. The minimum Gasteiger partial charge on any atom is -0.490 e. The van der Waals surface area contributed by atoms with E-state index in [1.54, 1.807) is 20.1 Å². The lowest BCUT2D eigenvalue weighted by molar-refractivity contribution is 0.0178. The van der Waals surface area contributed by atoms with Gasteiger partial charge in [0.15, 0.2) is 0 Å². The van der Waals surface area contributed by atoms with E-state index < -0.39 is 5.97 Å².